The van der Waals surface area contributed by atoms with Crippen LogP contribution in [0.15, 0.2) is 0 Å². The highest BCUT2D eigenvalue weighted by molar-refractivity contribution is 5.76. The highest BCUT2D eigenvalue weighted by Crippen LogP contribution is 2.17. The standard InChI is InChI=1S/C15H29N3O2/c1-12-4-3-5-16-14(12)10-15(19)17-13(2)11-18-6-8-20-9-7-18/h12-14,16H,3-11H2,1-2H3,(H,17,19). The predicted octanol–water partition coefficient (Wildman–Crippen LogP) is 0.602. The van der Waals surface area contributed by atoms with E-state index in [-0.39, 0.29) is 11.9 Å². The first-order chi connectivity index (χ1) is 9.65. The first-order valence-electron chi connectivity index (χ1n) is 7.98. The van der Waals surface area contributed by atoms with Gasteiger partial charge in [-0.15, -0.1) is 0 Å². The van der Waals surface area contributed by atoms with E-state index in [1.54, 1.807) is 0 Å². The number of ether oxygens (including phenoxy) is 1. The summed E-state index contributed by atoms with van der Waals surface area (Å²) < 4.78 is 5.34. The van der Waals surface area contributed by atoms with Gasteiger partial charge in [-0.25, -0.2) is 0 Å². The lowest BCUT2D eigenvalue weighted by Gasteiger charge is -2.31. The molecule has 0 saturated carbocycles. The fraction of sp³-hybridized carbons (Fsp3) is 0.933. The Bertz CT molecular complexity index is 305. The smallest absolute Gasteiger partial charge is 0.221 e. The molecule has 2 N–H and O–H groups in total. The van der Waals surface area contributed by atoms with Gasteiger partial charge in [0.25, 0.3) is 0 Å². The molecule has 3 atom stereocenters. The minimum Gasteiger partial charge on any atom is -0.379 e. The quantitative estimate of drug-likeness (QED) is 0.776. The average Bonchev–Trinajstić information content (AvgIpc) is 2.42. The van der Waals surface area contributed by atoms with Gasteiger partial charge < -0.3 is 15.4 Å². The molecule has 1 amide bonds. The predicted molar refractivity (Wildman–Crippen MR) is 79.7 cm³/mol. The van der Waals surface area contributed by atoms with E-state index in [1.807, 2.05) is 0 Å². The largest absolute Gasteiger partial charge is 0.379 e. The number of carbonyl (C=O) groups excluding carboxylic acids is 1. The lowest BCUT2D eigenvalue weighted by Crippen LogP contribution is -2.48. The molecular formula is C15H29N3O2. The maximum Gasteiger partial charge on any atom is 0.221 e. The van der Waals surface area contributed by atoms with Crippen molar-refractivity contribution in [1.29, 1.82) is 0 Å². The molecule has 3 unspecified atom stereocenters. The van der Waals surface area contributed by atoms with Crippen molar-refractivity contribution in [2.24, 2.45) is 5.92 Å². The molecule has 0 aliphatic carbocycles. The SMILES string of the molecule is CC(CN1CCOCC1)NC(=O)CC1NCCCC1C. The molecule has 0 aromatic heterocycles. The molecule has 0 spiro atoms. The van der Waals surface area contributed by atoms with E-state index >= 15 is 0 Å². The number of amides is 1. The van der Waals surface area contributed by atoms with Crippen LogP contribution in [0.1, 0.15) is 33.1 Å². The zero-order valence-corrected chi connectivity index (χ0v) is 12.9. The summed E-state index contributed by atoms with van der Waals surface area (Å²) in [6, 6.07) is 0.554. The second-order valence-electron chi connectivity index (χ2n) is 6.27. The number of morpholine rings is 1. The van der Waals surface area contributed by atoms with Gasteiger partial charge in [0.15, 0.2) is 0 Å². The number of carbonyl (C=O) groups is 1. The van der Waals surface area contributed by atoms with Gasteiger partial charge >= 0.3 is 0 Å². The zero-order valence-electron chi connectivity index (χ0n) is 12.9. The first kappa shape index (κ1) is 15.7. The topological polar surface area (TPSA) is 53.6 Å². The van der Waals surface area contributed by atoms with Gasteiger partial charge in [-0.3, -0.25) is 9.69 Å². The number of piperidine rings is 1. The third-order valence-electron chi connectivity index (χ3n) is 4.38. The molecule has 2 heterocycles. The highest BCUT2D eigenvalue weighted by Gasteiger charge is 2.24. The molecule has 2 saturated heterocycles. The summed E-state index contributed by atoms with van der Waals surface area (Å²) in [6.07, 6.45) is 3.07. The number of nitrogens with one attached hydrogen (secondary N) is 2. The van der Waals surface area contributed by atoms with Gasteiger partial charge in [-0.05, 0) is 32.2 Å². The molecule has 2 aliphatic heterocycles. The van der Waals surface area contributed by atoms with Crippen LogP contribution in [0.4, 0.5) is 0 Å². The summed E-state index contributed by atoms with van der Waals surface area (Å²) >= 11 is 0. The van der Waals surface area contributed by atoms with Crippen molar-refractivity contribution in [2.45, 2.75) is 45.2 Å². The minimum atomic E-state index is 0.178. The van der Waals surface area contributed by atoms with Crippen LogP contribution in [-0.4, -0.2) is 62.3 Å². The van der Waals surface area contributed by atoms with Crippen molar-refractivity contribution in [3.63, 3.8) is 0 Å². The Morgan fingerprint density at radius 2 is 2.20 bits per heavy atom. The van der Waals surface area contributed by atoms with Crippen LogP contribution < -0.4 is 10.6 Å². The van der Waals surface area contributed by atoms with Crippen LogP contribution in [0, 0.1) is 5.92 Å². The summed E-state index contributed by atoms with van der Waals surface area (Å²) in [6.45, 7) is 9.86. The number of nitrogens with zero attached hydrogens (tertiary/aromatic N) is 1. The molecule has 0 bridgehead atoms. The van der Waals surface area contributed by atoms with Crippen LogP contribution in [0.5, 0.6) is 0 Å². The van der Waals surface area contributed by atoms with E-state index < -0.39 is 0 Å². The van der Waals surface area contributed by atoms with E-state index in [1.165, 1.54) is 12.8 Å². The first-order valence-corrected chi connectivity index (χ1v) is 7.98. The number of hydrogen-bond donors (Lipinski definition) is 2. The van der Waals surface area contributed by atoms with E-state index in [2.05, 4.69) is 29.4 Å². The Hall–Kier alpha value is -0.650. The normalized spacial score (nSPS) is 29.9. The monoisotopic (exact) mass is 283 g/mol. The molecule has 0 aromatic carbocycles. The fourth-order valence-electron chi connectivity index (χ4n) is 3.14. The van der Waals surface area contributed by atoms with Crippen molar-refractivity contribution in [3.8, 4) is 0 Å². The second kappa shape index (κ2) is 7.96. The van der Waals surface area contributed by atoms with Crippen LogP contribution in [0.25, 0.3) is 0 Å². The Balaban J connectivity index is 1.67. The summed E-state index contributed by atoms with van der Waals surface area (Å²) in [7, 11) is 0. The lowest BCUT2D eigenvalue weighted by molar-refractivity contribution is -0.122. The van der Waals surface area contributed by atoms with Crippen molar-refractivity contribution in [3.05, 3.63) is 0 Å². The zero-order chi connectivity index (χ0) is 14.4. The maximum atomic E-state index is 12.1. The van der Waals surface area contributed by atoms with Gasteiger partial charge in [0, 0.05) is 38.1 Å². The van der Waals surface area contributed by atoms with Crippen LogP contribution in [-0.2, 0) is 9.53 Å². The van der Waals surface area contributed by atoms with Crippen LogP contribution >= 0.6 is 0 Å². The van der Waals surface area contributed by atoms with Crippen LogP contribution in [0.3, 0.4) is 0 Å². The number of hydrogen-bond acceptors (Lipinski definition) is 4. The Kier molecular flexibility index (Phi) is 6.26. The second-order valence-corrected chi connectivity index (χ2v) is 6.27. The summed E-state index contributed by atoms with van der Waals surface area (Å²) in [5, 5.41) is 6.60. The van der Waals surface area contributed by atoms with Crippen molar-refractivity contribution in [2.75, 3.05) is 39.4 Å². The van der Waals surface area contributed by atoms with Gasteiger partial charge in [0.1, 0.15) is 0 Å². The molecule has 5 heteroatoms. The molecule has 5 nitrogen and oxygen atoms in total. The average molecular weight is 283 g/mol. The molecule has 2 fully saturated rings. The maximum absolute atomic E-state index is 12.1. The Morgan fingerprint density at radius 1 is 1.45 bits per heavy atom. The van der Waals surface area contributed by atoms with E-state index in [9.17, 15) is 4.79 Å². The molecule has 0 aromatic rings. The molecule has 2 aliphatic rings. The number of rotatable bonds is 5. The highest BCUT2D eigenvalue weighted by atomic mass is 16.5. The Morgan fingerprint density at radius 3 is 2.90 bits per heavy atom. The molecule has 0 radical (unpaired) electrons. The van der Waals surface area contributed by atoms with Gasteiger partial charge in [0.2, 0.25) is 5.91 Å². The third kappa shape index (κ3) is 5.04. The summed E-state index contributed by atoms with van der Waals surface area (Å²) in [4.78, 5) is 14.5. The van der Waals surface area contributed by atoms with Gasteiger partial charge in [-0.1, -0.05) is 6.92 Å². The Labute approximate surface area is 122 Å². The van der Waals surface area contributed by atoms with E-state index in [0.29, 0.717) is 18.4 Å². The van der Waals surface area contributed by atoms with Crippen LogP contribution in [0.2, 0.25) is 0 Å². The van der Waals surface area contributed by atoms with Gasteiger partial charge in [-0.2, -0.15) is 0 Å². The van der Waals surface area contributed by atoms with E-state index in [4.69, 9.17) is 4.74 Å². The lowest BCUT2D eigenvalue weighted by atomic mass is 9.90. The molecule has 116 valence electrons. The summed E-state index contributed by atoms with van der Waals surface area (Å²) in [5.41, 5.74) is 0. The third-order valence-corrected chi connectivity index (χ3v) is 4.38. The van der Waals surface area contributed by atoms with Gasteiger partial charge in [0.05, 0.1) is 13.2 Å². The van der Waals surface area contributed by atoms with E-state index in [0.717, 1.165) is 39.4 Å². The molecular weight excluding hydrogens is 254 g/mol. The minimum absolute atomic E-state index is 0.178. The molecule has 2 rings (SSSR count). The van der Waals surface area contributed by atoms with Crippen molar-refractivity contribution < 1.29 is 9.53 Å². The molecule has 20 heavy (non-hydrogen) atoms. The van der Waals surface area contributed by atoms with Crippen molar-refractivity contribution in [1.82, 2.24) is 15.5 Å². The fourth-order valence-corrected chi connectivity index (χ4v) is 3.14. The summed E-state index contributed by atoms with van der Waals surface area (Å²) in [5.74, 6) is 0.779. The van der Waals surface area contributed by atoms with Crippen molar-refractivity contribution >= 4 is 5.91 Å².